The highest BCUT2D eigenvalue weighted by atomic mass is 19.1. The molecule has 0 radical (unpaired) electrons. The summed E-state index contributed by atoms with van der Waals surface area (Å²) in [5, 5.41) is 11.6. The van der Waals surface area contributed by atoms with Crippen LogP contribution in [0.15, 0.2) is 77.4 Å². The number of nitrogens with one attached hydrogen (secondary N) is 2. The molecule has 0 spiro atoms. The third-order valence-electron chi connectivity index (χ3n) is 4.19. The Bertz CT molecular complexity index is 1240. The third-order valence-corrected chi connectivity index (χ3v) is 4.19. The van der Waals surface area contributed by atoms with E-state index in [9.17, 15) is 14.0 Å². The van der Waals surface area contributed by atoms with Crippen LogP contribution in [0.2, 0.25) is 0 Å². The second kappa shape index (κ2) is 8.82. The smallest absolute Gasteiger partial charge is 0.288 e. The molecule has 2 aromatic carbocycles. The van der Waals surface area contributed by atoms with Gasteiger partial charge in [0, 0.05) is 11.6 Å². The number of hydrazine groups is 1. The van der Waals surface area contributed by atoms with Gasteiger partial charge in [-0.05, 0) is 34.7 Å². The van der Waals surface area contributed by atoms with Gasteiger partial charge in [0.25, 0.3) is 11.8 Å². The van der Waals surface area contributed by atoms with Crippen molar-refractivity contribution in [3.05, 3.63) is 90.1 Å². The van der Waals surface area contributed by atoms with Crippen LogP contribution in [0.4, 0.5) is 4.39 Å². The number of halogens is 1. The van der Waals surface area contributed by atoms with Gasteiger partial charge in [-0.1, -0.05) is 42.5 Å². The maximum absolute atomic E-state index is 13.8. The van der Waals surface area contributed by atoms with Gasteiger partial charge in [0.2, 0.25) is 0 Å². The molecule has 2 heterocycles. The number of aromatic nitrogens is 4. The zero-order valence-electron chi connectivity index (χ0n) is 15.9. The Kier molecular flexibility index (Phi) is 5.61. The van der Waals surface area contributed by atoms with E-state index in [2.05, 4.69) is 26.4 Å². The molecule has 2 amide bonds. The van der Waals surface area contributed by atoms with Gasteiger partial charge in [-0.15, -0.1) is 5.10 Å². The highest BCUT2D eigenvalue weighted by Crippen LogP contribution is 2.20. The highest BCUT2D eigenvalue weighted by molar-refractivity contribution is 6.19. The lowest BCUT2D eigenvalue weighted by Gasteiger charge is -2.11. The van der Waals surface area contributed by atoms with Crippen LogP contribution in [0, 0.1) is 5.82 Å². The molecule has 4 aromatic rings. The molecule has 0 saturated heterocycles. The van der Waals surface area contributed by atoms with E-state index < -0.39 is 17.6 Å². The fourth-order valence-corrected chi connectivity index (χ4v) is 2.74. The molecule has 0 bridgehead atoms. The fourth-order valence-electron chi connectivity index (χ4n) is 2.74. The molecule has 2 N–H and O–H groups in total. The first-order valence-electron chi connectivity index (χ1n) is 9.08. The molecule has 0 aliphatic rings. The normalized spacial score (nSPS) is 11.2. The first kappa shape index (κ1) is 19.7. The van der Waals surface area contributed by atoms with Crippen molar-refractivity contribution in [3.8, 4) is 11.4 Å². The van der Waals surface area contributed by atoms with Gasteiger partial charge in [0.15, 0.2) is 5.82 Å². The number of benzene rings is 2. The lowest BCUT2D eigenvalue weighted by Crippen LogP contribution is -2.43. The van der Waals surface area contributed by atoms with E-state index in [0.29, 0.717) is 17.1 Å². The van der Waals surface area contributed by atoms with Crippen molar-refractivity contribution < 1.29 is 18.4 Å². The summed E-state index contributed by atoms with van der Waals surface area (Å²) in [7, 11) is 0. The summed E-state index contributed by atoms with van der Waals surface area (Å²) in [6.45, 7) is 0. The summed E-state index contributed by atoms with van der Waals surface area (Å²) in [5.74, 6) is -1.61. The van der Waals surface area contributed by atoms with Crippen LogP contribution < -0.4 is 10.9 Å². The van der Waals surface area contributed by atoms with Gasteiger partial charge in [-0.2, -0.15) is 4.68 Å². The predicted octanol–water partition coefficient (Wildman–Crippen LogP) is 2.53. The van der Waals surface area contributed by atoms with Crippen molar-refractivity contribution in [1.29, 1.82) is 0 Å². The number of carbonyl (C=O) groups is 2. The molecule has 0 aliphatic carbocycles. The van der Waals surface area contributed by atoms with Crippen molar-refractivity contribution >= 4 is 23.6 Å². The lowest BCUT2D eigenvalue weighted by molar-refractivity contribution is -0.116. The van der Waals surface area contributed by atoms with E-state index in [1.54, 1.807) is 36.4 Å². The first-order valence-corrected chi connectivity index (χ1v) is 9.08. The van der Waals surface area contributed by atoms with Gasteiger partial charge in [0.05, 0.1) is 11.8 Å². The number of amides is 2. The molecule has 31 heavy (non-hydrogen) atoms. The number of hydrogen-bond acceptors (Lipinski definition) is 6. The average molecular weight is 418 g/mol. The number of carbonyl (C=O) groups excluding carboxylic acids is 2. The summed E-state index contributed by atoms with van der Waals surface area (Å²) in [4.78, 5) is 25.2. The molecule has 0 aliphatic heterocycles. The Balaban J connectivity index is 1.63. The fraction of sp³-hybridized carbons (Fsp3) is 0. The molecule has 0 saturated carbocycles. The van der Waals surface area contributed by atoms with Gasteiger partial charge in [0.1, 0.15) is 17.3 Å². The second-order valence-electron chi connectivity index (χ2n) is 6.21. The lowest BCUT2D eigenvalue weighted by atomic mass is 10.2. The van der Waals surface area contributed by atoms with Crippen molar-refractivity contribution in [2.45, 2.75) is 0 Å². The summed E-state index contributed by atoms with van der Waals surface area (Å²) >= 11 is 0. The quantitative estimate of drug-likeness (QED) is 0.380. The van der Waals surface area contributed by atoms with Crippen LogP contribution in [-0.2, 0) is 4.79 Å². The van der Waals surface area contributed by atoms with Crippen LogP contribution >= 0.6 is 0 Å². The number of furan rings is 1. The number of tetrazole rings is 1. The molecule has 10 heteroatoms. The van der Waals surface area contributed by atoms with Crippen LogP contribution in [0.5, 0.6) is 0 Å². The largest absolute Gasteiger partial charge is 0.465 e. The van der Waals surface area contributed by atoms with Crippen molar-refractivity contribution in [2.24, 2.45) is 0 Å². The van der Waals surface area contributed by atoms with Gasteiger partial charge in [-0.3, -0.25) is 20.4 Å². The molecular formula is C21H15FN6O3. The minimum atomic E-state index is -0.816. The highest BCUT2D eigenvalue weighted by Gasteiger charge is 2.21. The molecule has 0 fully saturated rings. The maximum atomic E-state index is 13.8. The minimum absolute atomic E-state index is 0.0346. The Morgan fingerprint density at radius 1 is 0.968 bits per heavy atom. The van der Waals surface area contributed by atoms with Gasteiger partial charge >= 0.3 is 0 Å². The average Bonchev–Trinajstić information content (AvgIpc) is 3.48. The van der Waals surface area contributed by atoms with Gasteiger partial charge in [-0.25, -0.2) is 4.39 Å². The van der Waals surface area contributed by atoms with Crippen molar-refractivity contribution in [3.63, 3.8) is 0 Å². The molecule has 9 nitrogen and oxygen atoms in total. The minimum Gasteiger partial charge on any atom is -0.465 e. The Morgan fingerprint density at radius 2 is 1.74 bits per heavy atom. The van der Waals surface area contributed by atoms with Gasteiger partial charge < -0.3 is 4.42 Å². The van der Waals surface area contributed by atoms with E-state index in [1.807, 2.05) is 6.07 Å². The molecule has 0 atom stereocenters. The first-order chi connectivity index (χ1) is 15.1. The monoisotopic (exact) mass is 418 g/mol. The van der Waals surface area contributed by atoms with Crippen LogP contribution in [0.25, 0.3) is 23.2 Å². The third kappa shape index (κ3) is 4.37. The Morgan fingerprint density at radius 3 is 2.48 bits per heavy atom. The zero-order chi connectivity index (χ0) is 21.6. The molecule has 154 valence electrons. The van der Waals surface area contributed by atoms with E-state index in [1.165, 1.54) is 35.2 Å². The molecule has 4 rings (SSSR count). The van der Waals surface area contributed by atoms with E-state index in [4.69, 9.17) is 4.42 Å². The van der Waals surface area contributed by atoms with Crippen LogP contribution in [0.3, 0.4) is 0 Å². The van der Waals surface area contributed by atoms with Crippen molar-refractivity contribution in [2.75, 3.05) is 0 Å². The summed E-state index contributed by atoms with van der Waals surface area (Å²) in [6, 6.07) is 17.7. The SMILES string of the molecule is O=C(NNC(=O)c1ccccc1F)/C(=C/c1ccco1)n1nnnc1-c1ccccc1. The van der Waals surface area contributed by atoms with E-state index in [-0.39, 0.29) is 11.3 Å². The van der Waals surface area contributed by atoms with Crippen LogP contribution in [-0.4, -0.2) is 32.0 Å². The number of nitrogens with zero attached hydrogens (tertiary/aromatic N) is 4. The maximum Gasteiger partial charge on any atom is 0.288 e. The molecule has 2 aromatic heterocycles. The topological polar surface area (TPSA) is 115 Å². The summed E-state index contributed by atoms with van der Waals surface area (Å²) in [5.41, 5.74) is 4.86. The van der Waals surface area contributed by atoms with E-state index >= 15 is 0 Å². The van der Waals surface area contributed by atoms with Crippen molar-refractivity contribution in [1.82, 2.24) is 31.1 Å². The van der Waals surface area contributed by atoms with Crippen LogP contribution in [0.1, 0.15) is 16.1 Å². The summed E-state index contributed by atoms with van der Waals surface area (Å²) in [6.07, 6.45) is 2.85. The Hall–Kier alpha value is -4.60. The predicted molar refractivity (Wildman–Crippen MR) is 108 cm³/mol. The summed E-state index contributed by atoms with van der Waals surface area (Å²) < 4.78 is 20.3. The Labute approximate surface area is 175 Å². The molecular weight excluding hydrogens is 403 g/mol. The standard InChI is InChI=1S/C21H15FN6O3/c22-17-11-5-4-10-16(17)20(29)24-25-21(30)18(13-15-9-6-12-31-15)28-19(23-26-27-28)14-7-2-1-3-8-14/h1-13H,(H,24,29)(H,25,30)/b18-13-. The van der Waals surface area contributed by atoms with E-state index in [0.717, 1.165) is 6.07 Å². The second-order valence-corrected chi connectivity index (χ2v) is 6.21. The molecule has 0 unspecified atom stereocenters. The number of hydrogen-bond donors (Lipinski definition) is 2. The number of rotatable bonds is 5. The zero-order valence-corrected chi connectivity index (χ0v) is 15.9.